The van der Waals surface area contributed by atoms with E-state index >= 15 is 0 Å². The first kappa shape index (κ1) is 22.7. The van der Waals surface area contributed by atoms with Crippen LogP contribution in [0, 0.1) is 10.1 Å². The van der Waals surface area contributed by atoms with Gasteiger partial charge in [-0.05, 0) is 54.9 Å². The minimum atomic E-state index is -3.82. The number of hydrogen-bond donors (Lipinski definition) is 1. The van der Waals surface area contributed by atoms with Crippen LogP contribution < -0.4 is 9.62 Å². The third-order valence-corrected chi connectivity index (χ3v) is 6.68. The number of carbonyl (C=O) groups excluding carboxylic acids is 1. The Labute approximate surface area is 182 Å². The number of hydrogen-bond acceptors (Lipinski definition) is 5. The zero-order valence-electron chi connectivity index (χ0n) is 17.7. The average Bonchev–Trinajstić information content (AvgIpc) is 2.74. The molecule has 2 aromatic rings. The molecule has 1 atom stereocenters. The van der Waals surface area contributed by atoms with E-state index in [1.54, 1.807) is 0 Å². The molecule has 0 saturated carbocycles. The van der Waals surface area contributed by atoms with Crippen molar-refractivity contribution >= 4 is 27.3 Å². The van der Waals surface area contributed by atoms with Gasteiger partial charge in [-0.3, -0.25) is 19.2 Å². The van der Waals surface area contributed by atoms with Crippen molar-refractivity contribution < 1.29 is 18.1 Å². The number of benzene rings is 2. The van der Waals surface area contributed by atoms with Gasteiger partial charge in [0.25, 0.3) is 5.69 Å². The van der Waals surface area contributed by atoms with E-state index < -0.39 is 27.4 Å². The Hall–Kier alpha value is -2.94. The second-order valence-corrected chi connectivity index (χ2v) is 9.72. The number of nitrogens with zero attached hydrogens (tertiary/aromatic N) is 2. The molecule has 3 rings (SSSR count). The molecule has 1 amide bonds. The Balaban J connectivity index is 1.79. The number of nitrogens with one attached hydrogen (secondary N) is 1. The van der Waals surface area contributed by atoms with Crippen molar-refractivity contribution in [1.82, 2.24) is 5.32 Å². The van der Waals surface area contributed by atoms with E-state index in [4.69, 9.17) is 0 Å². The highest BCUT2D eigenvalue weighted by atomic mass is 32.2. The molecule has 0 aliphatic heterocycles. The van der Waals surface area contributed by atoms with Crippen LogP contribution >= 0.6 is 0 Å². The maximum Gasteiger partial charge on any atom is 0.271 e. The fourth-order valence-corrected chi connectivity index (χ4v) is 4.77. The summed E-state index contributed by atoms with van der Waals surface area (Å²) in [6.45, 7) is 1.50. The number of rotatable bonds is 8. The van der Waals surface area contributed by atoms with Gasteiger partial charge in [0, 0.05) is 12.1 Å². The maximum atomic E-state index is 12.8. The number of carbonyl (C=O) groups is 1. The predicted molar refractivity (Wildman–Crippen MR) is 120 cm³/mol. The summed E-state index contributed by atoms with van der Waals surface area (Å²) in [4.78, 5) is 23.2. The van der Waals surface area contributed by atoms with Crippen molar-refractivity contribution in [3.63, 3.8) is 0 Å². The van der Waals surface area contributed by atoms with Crippen LogP contribution in [-0.4, -0.2) is 32.0 Å². The van der Waals surface area contributed by atoms with Gasteiger partial charge in [0.1, 0.15) is 6.54 Å². The number of anilines is 1. The molecule has 0 radical (unpaired) electrons. The van der Waals surface area contributed by atoms with E-state index in [0.29, 0.717) is 6.42 Å². The van der Waals surface area contributed by atoms with Gasteiger partial charge in [-0.15, -0.1) is 0 Å². The summed E-state index contributed by atoms with van der Waals surface area (Å²) in [6.07, 6.45) is 6.08. The zero-order valence-corrected chi connectivity index (χ0v) is 18.5. The quantitative estimate of drug-likeness (QED) is 0.494. The molecule has 0 bridgehead atoms. The highest BCUT2D eigenvalue weighted by Gasteiger charge is 2.24. The topological polar surface area (TPSA) is 110 Å². The third kappa shape index (κ3) is 5.61. The Morgan fingerprint density at radius 2 is 1.87 bits per heavy atom. The van der Waals surface area contributed by atoms with Crippen LogP contribution in [-0.2, 0) is 27.7 Å². The maximum absolute atomic E-state index is 12.8. The molecule has 8 nitrogen and oxygen atoms in total. The number of nitro groups is 1. The van der Waals surface area contributed by atoms with Crippen LogP contribution in [0.2, 0.25) is 0 Å². The van der Waals surface area contributed by atoms with Gasteiger partial charge in [-0.2, -0.15) is 0 Å². The number of aryl methyl sites for hydroxylation is 2. The Morgan fingerprint density at radius 3 is 2.52 bits per heavy atom. The van der Waals surface area contributed by atoms with Crippen LogP contribution in [0.5, 0.6) is 0 Å². The molecule has 166 valence electrons. The molecule has 2 aromatic carbocycles. The normalized spacial score (nSPS) is 14.4. The minimum Gasteiger partial charge on any atom is -0.348 e. The van der Waals surface area contributed by atoms with Crippen molar-refractivity contribution in [1.29, 1.82) is 0 Å². The SMILES string of the molecule is CC[C@H](NC(=O)CN(c1cccc([N+](=O)[O-])c1)S(C)(=O)=O)c1ccc2c(c1)CCCC2. The molecule has 1 aliphatic rings. The molecule has 0 spiro atoms. The smallest absolute Gasteiger partial charge is 0.271 e. The first-order valence-corrected chi connectivity index (χ1v) is 12.2. The van der Waals surface area contributed by atoms with Crippen molar-refractivity contribution in [2.75, 3.05) is 17.1 Å². The van der Waals surface area contributed by atoms with Crippen molar-refractivity contribution in [2.24, 2.45) is 0 Å². The summed E-state index contributed by atoms with van der Waals surface area (Å²) in [6, 6.07) is 11.3. The number of non-ortho nitro benzene ring substituents is 1. The van der Waals surface area contributed by atoms with E-state index in [0.717, 1.165) is 41.5 Å². The summed E-state index contributed by atoms with van der Waals surface area (Å²) in [5, 5.41) is 14.0. The number of nitro benzene ring substituents is 1. The summed E-state index contributed by atoms with van der Waals surface area (Å²) in [5.41, 5.74) is 3.49. The fourth-order valence-electron chi connectivity index (χ4n) is 3.92. The van der Waals surface area contributed by atoms with Gasteiger partial charge in [0.15, 0.2) is 0 Å². The largest absolute Gasteiger partial charge is 0.348 e. The third-order valence-electron chi connectivity index (χ3n) is 5.53. The molecule has 1 N–H and O–H groups in total. The molecule has 0 unspecified atom stereocenters. The van der Waals surface area contributed by atoms with Gasteiger partial charge in [0.05, 0.1) is 22.9 Å². The average molecular weight is 446 g/mol. The number of sulfonamides is 1. The van der Waals surface area contributed by atoms with Gasteiger partial charge in [0.2, 0.25) is 15.9 Å². The molecule has 9 heteroatoms. The Kier molecular flexibility index (Phi) is 6.94. The van der Waals surface area contributed by atoms with Gasteiger partial charge in [-0.25, -0.2) is 8.42 Å². The standard InChI is InChI=1S/C22H27N3O5S/c1-3-21(18-12-11-16-7-4-5-8-17(16)13-18)23-22(26)15-24(31(2,29)30)19-9-6-10-20(14-19)25(27)28/h6,9-14,21H,3-5,7-8,15H2,1-2H3,(H,23,26)/t21-/m0/s1. The highest BCUT2D eigenvalue weighted by molar-refractivity contribution is 7.92. The second kappa shape index (κ2) is 9.47. The predicted octanol–water partition coefficient (Wildman–Crippen LogP) is 3.51. The summed E-state index contributed by atoms with van der Waals surface area (Å²) >= 11 is 0. The van der Waals surface area contributed by atoms with E-state index in [1.165, 1.54) is 35.7 Å². The Bertz CT molecular complexity index is 1080. The lowest BCUT2D eigenvalue weighted by Gasteiger charge is -2.25. The lowest BCUT2D eigenvalue weighted by molar-refractivity contribution is -0.384. The summed E-state index contributed by atoms with van der Waals surface area (Å²) < 4.78 is 25.5. The van der Waals surface area contributed by atoms with Gasteiger partial charge < -0.3 is 5.32 Å². The number of fused-ring (bicyclic) bond motifs is 1. The molecule has 31 heavy (non-hydrogen) atoms. The van der Waals surface area contributed by atoms with Crippen molar-refractivity contribution in [3.05, 3.63) is 69.3 Å². The lowest BCUT2D eigenvalue weighted by atomic mass is 9.89. The van der Waals surface area contributed by atoms with Gasteiger partial charge in [-0.1, -0.05) is 31.2 Å². The summed E-state index contributed by atoms with van der Waals surface area (Å²) in [7, 11) is -3.82. The van der Waals surface area contributed by atoms with Crippen LogP contribution in [0.25, 0.3) is 0 Å². The first-order chi connectivity index (χ1) is 14.7. The van der Waals surface area contributed by atoms with E-state index in [-0.39, 0.29) is 17.4 Å². The highest BCUT2D eigenvalue weighted by Crippen LogP contribution is 2.27. The van der Waals surface area contributed by atoms with Crippen molar-refractivity contribution in [3.8, 4) is 0 Å². The second-order valence-electron chi connectivity index (χ2n) is 7.81. The Morgan fingerprint density at radius 1 is 1.16 bits per heavy atom. The molecule has 1 aliphatic carbocycles. The van der Waals surface area contributed by atoms with E-state index in [9.17, 15) is 23.3 Å². The minimum absolute atomic E-state index is 0.0775. The van der Waals surface area contributed by atoms with E-state index in [1.807, 2.05) is 13.0 Å². The van der Waals surface area contributed by atoms with Gasteiger partial charge >= 0.3 is 0 Å². The molecular formula is C22H27N3O5S. The lowest BCUT2D eigenvalue weighted by Crippen LogP contribution is -2.41. The molecule has 0 saturated heterocycles. The number of amides is 1. The molecular weight excluding hydrogens is 418 g/mol. The van der Waals surface area contributed by atoms with Crippen LogP contribution in [0.15, 0.2) is 42.5 Å². The molecule has 0 fully saturated rings. The molecule has 0 aromatic heterocycles. The first-order valence-electron chi connectivity index (χ1n) is 10.3. The van der Waals surface area contributed by atoms with Crippen molar-refractivity contribution in [2.45, 2.75) is 45.1 Å². The van der Waals surface area contributed by atoms with E-state index in [2.05, 4.69) is 17.4 Å². The zero-order chi connectivity index (χ0) is 22.6. The fraction of sp³-hybridized carbons (Fsp3) is 0.409. The molecule has 0 heterocycles. The van der Waals surface area contributed by atoms with Crippen LogP contribution in [0.1, 0.15) is 48.9 Å². The van der Waals surface area contributed by atoms with Crippen LogP contribution in [0.3, 0.4) is 0 Å². The van der Waals surface area contributed by atoms with Crippen LogP contribution in [0.4, 0.5) is 11.4 Å². The summed E-state index contributed by atoms with van der Waals surface area (Å²) in [5.74, 6) is -0.471. The monoisotopic (exact) mass is 445 g/mol.